The molecule has 0 aliphatic carbocycles. The van der Waals surface area contributed by atoms with E-state index in [0.29, 0.717) is 35.4 Å². The maximum Gasteiger partial charge on any atom is 0.298 e. The summed E-state index contributed by atoms with van der Waals surface area (Å²) in [5.74, 6) is 1.16. The number of ether oxygens (including phenoxy) is 2. The topological polar surface area (TPSA) is 94.7 Å². The van der Waals surface area contributed by atoms with Gasteiger partial charge in [0.05, 0.1) is 26.0 Å². The molecule has 1 aliphatic rings. The molecule has 1 atom stereocenters. The summed E-state index contributed by atoms with van der Waals surface area (Å²) >= 11 is 0. The zero-order chi connectivity index (χ0) is 23.7. The normalized spacial score (nSPS) is 15.6. The Kier molecular flexibility index (Phi) is 5.83. The number of methoxy groups -OCH3 is 2. The lowest BCUT2D eigenvalue weighted by Gasteiger charge is -2.23. The standard InChI is InChI=1S/C25H27N5O4/c1-29-21(14-20(28-29)18-13-17(32-2)10-11-22(18)33-3)24(31)26-15-16-7-6-12-30(16)25-27-19-8-4-5-9-23(19)34-25/h4-5,8-11,13-14,16H,6-7,12,15H2,1-3H3,(H,26,31). The first-order chi connectivity index (χ1) is 16.6. The van der Waals surface area contributed by atoms with E-state index < -0.39 is 0 Å². The maximum atomic E-state index is 13.0. The molecule has 0 spiro atoms. The second kappa shape index (κ2) is 9.09. The van der Waals surface area contributed by atoms with Gasteiger partial charge in [-0.2, -0.15) is 10.1 Å². The number of oxazole rings is 1. The average Bonchev–Trinajstić information content (AvgIpc) is 3.59. The Morgan fingerprint density at radius 1 is 1.18 bits per heavy atom. The summed E-state index contributed by atoms with van der Waals surface area (Å²) in [6, 6.07) is 15.7. The molecule has 9 nitrogen and oxygen atoms in total. The lowest BCUT2D eigenvalue weighted by molar-refractivity contribution is 0.0941. The first-order valence-corrected chi connectivity index (χ1v) is 11.2. The summed E-state index contributed by atoms with van der Waals surface area (Å²) in [5, 5.41) is 7.60. The molecular formula is C25H27N5O4. The van der Waals surface area contributed by atoms with Crippen molar-refractivity contribution in [2.24, 2.45) is 7.05 Å². The van der Waals surface area contributed by atoms with E-state index in [2.05, 4.69) is 20.3 Å². The number of fused-ring (bicyclic) bond motifs is 1. The molecule has 34 heavy (non-hydrogen) atoms. The van der Waals surface area contributed by atoms with Gasteiger partial charge in [-0.25, -0.2) is 0 Å². The number of rotatable bonds is 7. The van der Waals surface area contributed by atoms with Crippen LogP contribution in [0.3, 0.4) is 0 Å². The Morgan fingerprint density at radius 3 is 2.82 bits per heavy atom. The summed E-state index contributed by atoms with van der Waals surface area (Å²) < 4.78 is 18.3. The molecule has 4 aromatic rings. The first-order valence-electron chi connectivity index (χ1n) is 11.2. The van der Waals surface area contributed by atoms with Crippen molar-refractivity contribution in [3.8, 4) is 22.8 Å². The fourth-order valence-electron chi connectivity index (χ4n) is 4.41. The second-order valence-corrected chi connectivity index (χ2v) is 8.27. The van der Waals surface area contributed by atoms with E-state index in [1.165, 1.54) is 0 Å². The number of anilines is 1. The van der Waals surface area contributed by atoms with Crippen LogP contribution < -0.4 is 19.7 Å². The van der Waals surface area contributed by atoms with Crippen molar-refractivity contribution >= 4 is 23.0 Å². The molecule has 0 radical (unpaired) electrons. The minimum atomic E-state index is -0.187. The highest BCUT2D eigenvalue weighted by Gasteiger charge is 2.29. The van der Waals surface area contributed by atoms with Crippen LogP contribution in [0.1, 0.15) is 23.3 Å². The number of amides is 1. The Labute approximate surface area is 197 Å². The van der Waals surface area contributed by atoms with E-state index in [4.69, 9.17) is 13.9 Å². The fourth-order valence-corrected chi connectivity index (χ4v) is 4.41. The minimum Gasteiger partial charge on any atom is -0.497 e. The Hall–Kier alpha value is -4.01. The van der Waals surface area contributed by atoms with Crippen molar-refractivity contribution in [2.75, 3.05) is 32.2 Å². The van der Waals surface area contributed by atoms with Crippen molar-refractivity contribution in [3.63, 3.8) is 0 Å². The summed E-state index contributed by atoms with van der Waals surface area (Å²) in [7, 11) is 4.97. The monoisotopic (exact) mass is 461 g/mol. The van der Waals surface area contributed by atoms with Gasteiger partial charge in [0.1, 0.15) is 22.7 Å². The number of hydrogen-bond acceptors (Lipinski definition) is 7. The van der Waals surface area contributed by atoms with E-state index in [1.54, 1.807) is 32.0 Å². The Morgan fingerprint density at radius 2 is 2.03 bits per heavy atom. The van der Waals surface area contributed by atoms with Crippen LogP contribution in [0.4, 0.5) is 6.01 Å². The molecule has 1 saturated heterocycles. The third-order valence-electron chi connectivity index (χ3n) is 6.20. The van der Waals surface area contributed by atoms with Crippen LogP contribution in [0.15, 0.2) is 52.9 Å². The van der Waals surface area contributed by atoms with Gasteiger partial charge in [0, 0.05) is 25.7 Å². The number of nitrogens with one attached hydrogen (secondary N) is 1. The van der Waals surface area contributed by atoms with Crippen molar-refractivity contribution in [3.05, 3.63) is 54.2 Å². The van der Waals surface area contributed by atoms with Crippen molar-refractivity contribution in [1.82, 2.24) is 20.1 Å². The van der Waals surface area contributed by atoms with Crippen LogP contribution in [0.2, 0.25) is 0 Å². The lowest BCUT2D eigenvalue weighted by Crippen LogP contribution is -2.40. The molecule has 2 aromatic heterocycles. The third-order valence-corrected chi connectivity index (χ3v) is 6.20. The second-order valence-electron chi connectivity index (χ2n) is 8.27. The van der Waals surface area contributed by atoms with Crippen LogP contribution in [0, 0.1) is 0 Å². The van der Waals surface area contributed by atoms with E-state index in [9.17, 15) is 4.79 Å². The quantitative estimate of drug-likeness (QED) is 0.449. The van der Waals surface area contributed by atoms with Crippen LogP contribution >= 0.6 is 0 Å². The van der Waals surface area contributed by atoms with Gasteiger partial charge >= 0.3 is 0 Å². The van der Waals surface area contributed by atoms with E-state index >= 15 is 0 Å². The van der Waals surface area contributed by atoms with Gasteiger partial charge in [0.2, 0.25) is 0 Å². The fraction of sp³-hybridized carbons (Fsp3) is 0.320. The summed E-state index contributed by atoms with van der Waals surface area (Å²) in [4.78, 5) is 19.8. The van der Waals surface area contributed by atoms with Crippen LogP contribution in [0.25, 0.3) is 22.4 Å². The Bertz CT molecular complexity index is 1300. The van der Waals surface area contributed by atoms with Gasteiger partial charge in [-0.05, 0) is 49.2 Å². The van der Waals surface area contributed by atoms with Gasteiger partial charge in [-0.3, -0.25) is 9.48 Å². The maximum absolute atomic E-state index is 13.0. The SMILES string of the molecule is COc1ccc(OC)c(-c2cc(C(=O)NCC3CCCN3c3nc4ccccc4o3)n(C)n2)c1. The smallest absolute Gasteiger partial charge is 0.298 e. The van der Waals surface area contributed by atoms with Gasteiger partial charge < -0.3 is 24.1 Å². The highest BCUT2D eigenvalue weighted by molar-refractivity contribution is 5.94. The molecule has 1 unspecified atom stereocenters. The number of hydrogen-bond donors (Lipinski definition) is 1. The van der Waals surface area contributed by atoms with E-state index in [0.717, 1.165) is 36.0 Å². The number of carbonyl (C=O) groups excluding carboxylic acids is 1. The van der Waals surface area contributed by atoms with E-state index in [-0.39, 0.29) is 11.9 Å². The Balaban J connectivity index is 1.31. The van der Waals surface area contributed by atoms with Crippen LogP contribution in [0.5, 0.6) is 11.5 Å². The van der Waals surface area contributed by atoms with E-state index in [1.807, 2.05) is 42.5 Å². The minimum absolute atomic E-state index is 0.114. The molecule has 1 aliphatic heterocycles. The average molecular weight is 462 g/mol. The van der Waals surface area contributed by atoms with Crippen molar-refractivity contribution in [1.29, 1.82) is 0 Å². The summed E-state index contributed by atoms with van der Waals surface area (Å²) in [6.45, 7) is 1.33. The molecular weight excluding hydrogens is 434 g/mol. The van der Waals surface area contributed by atoms with Gasteiger partial charge in [-0.15, -0.1) is 0 Å². The molecule has 2 aromatic carbocycles. The van der Waals surface area contributed by atoms with Crippen molar-refractivity contribution in [2.45, 2.75) is 18.9 Å². The van der Waals surface area contributed by atoms with Crippen LogP contribution in [-0.2, 0) is 7.05 Å². The van der Waals surface area contributed by atoms with Gasteiger partial charge in [0.25, 0.3) is 11.9 Å². The lowest BCUT2D eigenvalue weighted by atomic mass is 10.1. The molecule has 1 fully saturated rings. The van der Waals surface area contributed by atoms with Crippen LogP contribution in [-0.4, -0.2) is 54.0 Å². The molecule has 176 valence electrons. The van der Waals surface area contributed by atoms with Gasteiger partial charge in [0.15, 0.2) is 5.58 Å². The van der Waals surface area contributed by atoms with Gasteiger partial charge in [-0.1, -0.05) is 12.1 Å². The molecule has 9 heteroatoms. The number of carbonyl (C=O) groups is 1. The first kappa shape index (κ1) is 21.8. The number of aryl methyl sites for hydroxylation is 1. The molecule has 3 heterocycles. The predicted octanol–water partition coefficient (Wildman–Crippen LogP) is 3.64. The highest BCUT2D eigenvalue weighted by Crippen LogP contribution is 2.33. The third kappa shape index (κ3) is 4.05. The number of para-hydroxylation sites is 2. The largest absolute Gasteiger partial charge is 0.497 e. The summed E-state index contributed by atoms with van der Waals surface area (Å²) in [6.07, 6.45) is 1.97. The molecule has 1 N–H and O–H groups in total. The number of aromatic nitrogens is 3. The summed E-state index contributed by atoms with van der Waals surface area (Å²) in [5.41, 5.74) is 3.46. The zero-order valence-electron chi connectivity index (χ0n) is 19.4. The number of benzene rings is 2. The zero-order valence-corrected chi connectivity index (χ0v) is 19.4. The predicted molar refractivity (Wildman–Crippen MR) is 128 cm³/mol. The molecule has 0 saturated carbocycles. The molecule has 1 amide bonds. The molecule has 0 bridgehead atoms. The number of nitrogens with zero attached hydrogens (tertiary/aromatic N) is 4. The molecule has 5 rings (SSSR count). The highest BCUT2D eigenvalue weighted by atomic mass is 16.5. The van der Waals surface area contributed by atoms with Crippen molar-refractivity contribution < 1.29 is 18.7 Å².